The zero-order valence-electron chi connectivity index (χ0n) is 12.8. The molecule has 0 spiro atoms. The zero-order chi connectivity index (χ0) is 15.7. The molecule has 5 heteroatoms. The van der Waals surface area contributed by atoms with Gasteiger partial charge in [0.1, 0.15) is 0 Å². The normalized spacial score (nSPS) is 11.8. The van der Waals surface area contributed by atoms with Gasteiger partial charge in [0.2, 0.25) is 5.91 Å². The van der Waals surface area contributed by atoms with Crippen molar-refractivity contribution in [3.63, 3.8) is 0 Å². The second-order valence-corrected chi connectivity index (χ2v) is 5.24. The summed E-state index contributed by atoms with van der Waals surface area (Å²) in [5.74, 6) is -0.158. The summed E-state index contributed by atoms with van der Waals surface area (Å²) in [7, 11) is 0. The van der Waals surface area contributed by atoms with Gasteiger partial charge in [0.05, 0.1) is 0 Å². The molecular formula is C16H25N3O2. The molecule has 4 N–H and O–H groups in total. The topological polar surface area (TPSA) is 84.2 Å². The van der Waals surface area contributed by atoms with E-state index in [4.69, 9.17) is 5.73 Å². The van der Waals surface area contributed by atoms with Crippen molar-refractivity contribution in [1.29, 1.82) is 0 Å². The molecule has 0 saturated carbocycles. The van der Waals surface area contributed by atoms with Gasteiger partial charge in [-0.15, -0.1) is 0 Å². The Bertz CT molecular complexity index is 457. The Morgan fingerprint density at radius 3 is 2.38 bits per heavy atom. The molecule has 116 valence electrons. The van der Waals surface area contributed by atoms with E-state index >= 15 is 0 Å². The summed E-state index contributed by atoms with van der Waals surface area (Å²) in [6.07, 6.45) is 1.64. The number of hydrogen-bond acceptors (Lipinski definition) is 3. The molecular weight excluding hydrogens is 266 g/mol. The third-order valence-electron chi connectivity index (χ3n) is 3.31. The van der Waals surface area contributed by atoms with Gasteiger partial charge >= 0.3 is 0 Å². The Morgan fingerprint density at radius 2 is 1.76 bits per heavy atom. The molecule has 1 atom stereocenters. The fraction of sp³-hybridized carbons (Fsp3) is 0.500. The molecule has 1 rings (SSSR count). The number of carbonyl (C=O) groups is 2. The molecule has 2 amide bonds. The van der Waals surface area contributed by atoms with E-state index in [1.165, 1.54) is 0 Å². The Hall–Kier alpha value is -1.88. The lowest BCUT2D eigenvalue weighted by molar-refractivity contribution is -0.124. The van der Waals surface area contributed by atoms with Crippen LogP contribution < -0.4 is 16.4 Å². The standard InChI is InChI=1S/C16H25N3O2/c1-12-5-7-14(8-6-12)16(21)19-11-10-18-15(20)13(2)4-3-9-17/h5-8,13H,3-4,9-11,17H2,1-2H3,(H,18,20)(H,19,21). The molecule has 0 aliphatic heterocycles. The summed E-state index contributed by atoms with van der Waals surface area (Å²) in [4.78, 5) is 23.6. The number of benzene rings is 1. The first kappa shape index (κ1) is 17.2. The molecule has 0 aromatic heterocycles. The summed E-state index contributed by atoms with van der Waals surface area (Å²) in [5, 5.41) is 5.60. The van der Waals surface area contributed by atoms with Crippen molar-refractivity contribution in [3.8, 4) is 0 Å². The minimum Gasteiger partial charge on any atom is -0.354 e. The summed E-state index contributed by atoms with van der Waals surface area (Å²) >= 11 is 0. The van der Waals surface area contributed by atoms with Gasteiger partial charge in [-0.3, -0.25) is 9.59 Å². The monoisotopic (exact) mass is 291 g/mol. The molecule has 0 bridgehead atoms. The van der Waals surface area contributed by atoms with Crippen LogP contribution in [0.3, 0.4) is 0 Å². The van der Waals surface area contributed by atoms with Crippen molar-refractivity contribution < 1.29 is 9.59 Å². The maximum absolute atomic E-state index is 11.8. The van der Waals surface area contributed by atoms with Crippen LogP contribution in [-0.2, 0) is 4.79 Å². The quantitative estimate of drug-likeness (QED) is 0.630. The number of aryl methyl sites for hydroxylation is 1. The van der Waals surface area contributed by atoms with Gasteiger partial charge < -0.3 is 16.4 Å². The van der Waals surface area contributed by atoms with Crippen LogP contribution in [0.5, 0.6) is 0 Å². The number of nitrogens with one attached hydrogen (secondary N) is 2. The smallest absolute Gasteiger partial charge is 0.251 e. The third kappa shape index (κ3) is 6.40. The minimum absolute atomic E-state index is 0.00744. The molecule has 21 heavy (non-hydrogen) atoms. The lowest BCUT2D eigenvalue weighted by atomic mass is 10.1. The molecule has 0 aliphatic rings. The second kappa shape index (κ2) is 9.13. The van der Waals surface area contributed by atoms with Gasteiger partial charge in [-0.05, 0) is 38.4 Å². The van der Waals surface area contributed by atoms with Crippen LogP contribution in [0, 0.1) is 12.8 Å². The molecule has 5 nitrogen and oxygen atoms in total. The number of hydrogen-bond donors (Lipinski definition) is 3. The molecule has 0 fully saturated rings. The highest BCUT2D eigenvalue weighted by Gasteiger charge is 2.11. The summed E-state index contributed by atoms with van der Waals surface area (Å²) in [6.45, 7) is 5.31. The molecule has 0 radical (unpaired) electrons. The summed E-state index contributed by atoms with van der Waals surface area (Å²) in [5.41, 5.74) is 7.16. The number of rotatable bonds is 8. The van der Waals surface area contributed by atoms with Crippen molar-refractivity contribution >= 4 is 11.8 Å². The van der Waals surface area contributed by atoms with Crippen LogP contribution >= 0.6 is 0 Å². The predicted octanol–water partition coefficient (Wildman–Crippen LogP) is 1.22. The fourth-order valence-corrected chi connectivity index (χ4v) is 1.90. The Labute approximate surface area is 126 Å². The predicted molar refractivity (Wildman–Crippen MR) is 84.0 cm³/mol. The number of nitrogens with two attached hydrogens (primary N) is 1. The van der Waals surface area contributed by atoms with Crippen molar-refractivity contribution in [2.24, 2.45) is 11.7 Å². The molecule has 0 aliphatic carbocycles. The summed E-state index contributed by atoms with van der Waals surface area (Å²) in [6, 6.07) is 7.38. The van der Waals surface area contributed by atoms with Crippen molar-refractivity contribution in [2.45, 2.75) is 26.7 Å². The first-order valence-corrected chi connectivity index (χ1v) is 7.37. The van der Waals surface area contributed by atoms with Crippen LogP contribution in [0.1, 0.15) is 35.7 Å². The molecule has 1 unspecified atom stereocenters. The Morgan fingerprint density at radius 1 is 1.14 bits per heavy atom. The van der Waals surface area contributed by atoms with Crippen molar-refractivity contribution in [2.75, 3.05) is 19.6 Å². The number of carbonyl (C=O) groups excluding carboxylic acids is 2. The van der Waals surface area contributed by atoms with Gasteiger partial charge in [-0.2, -0.15) is 0 Å². The lowest BCUT2D eigenvalue weighted by Crippen LogP contribution is -2.37. The van der Waals surface area contributed by atoms with Crippen LogP contribution in [-0.4, -0.2) is 31.4 Å². The average Bonchev–Trinajstić information content (AvgIpc) is 2.49. The maximum Gasteiger partial charge on any atom is 0.251 e. The van der Waals surface area contributed by atoms with E-state index in [2.05, 4.69) is 10.6 Å². The highest BCUT2D eigenvalue weighted by Crippen LogP contribution is 2.04. The molecule has 1 aromatic rings. The maximum atomic E-state index is 11.8. The van der Waals surface area contributed by atoms with Crippen LogP contribution in [0.2, 0.25) is 0 Å². The van der Waals surface area contributed by atoms with Gasteiger partial charge in [0.15, 0.2) is 0 Å². The Balaban J connectivity index is 2.23. The van der Waals surface area contributed by atoms with E-state index in [-0.39, 0.29) is 17.7 Å². The molecule has 0 saturated heterocycles. The number of amides is 2. The fourth-order valence-electron chi connectivity index (χ4n) is 1.90. The average molecular weight is 291 g/mol. The highest BCUT2D eigenvalue weighted by molar-refractivity contribution is 5.94. The molecule has 1 aromatic carbocycles. The van der Waals surface area contributed by atoms with Crippen LogP contribution in [0.4, 0.5) is 0 Å². The minimum atomic E-state index is -0.125. The second-order valence-electron chi connectivity index (χ2n) is 5.24. The highest BCUT2D eigenvalue weighted by atomic mass is 16.2. The van der Waals surface area contributed by atoms with E-state index in [0.717, 1.165) is 18.4 Å². The SMILES string of the molecule is Cc1ccc(C(=O)NCCNC(=O)C(C)CCCN)cc1. The van der Waals surface area contributed by atoms with Gasteiger partial charge in [0, 0.05) is 24.6 Å². The van der Waals surface area contributed by atoms with E-state index in [9.17, 15) is 9.59 Å². The van der Waals surface area contributed by atoms with Gasteiger partial charge in [-0.1, -0.05) is 24.6 Å². The van der Waals surface area contributed by atoms with Gasteiger partial charge in [-0.25, -0.2) is 0 Å². The first-order valence-electron chi connectivity index (χ1n) is 7.37. The van der Waals surface area contributed by atoms with E-state index in [1.54, 1.807) is 12.1 Å². The lowest BCUT2D eigenvalue weighted by Gasteiger charge is -2.12. The zero-order valence-corrected chi connectivity index (χ0v) is 12.8. The van der Waals surface area contributed by atoms with E-state index in [1.807, 2.05) is 26.0 Å². The third-order valence-corrected chi connectivity index (χ3v) is 3.31. The van der Waals surface area contributed by atoms with E-state index in [0.29, 0.717) is 25.2 Å². The van der Waals surface area contributed by atoms with Crippen LogP contribution in [0.25, 0.3) is 0 Å². The van der Waals surface area contributed by atoms with Crippen molar-refractivity contribution in [3.05, 3.63) is 35.4 Å². The molecule has 0 heterocycles. The van der Waals surface area contributed by atoms with Crippen LogP contribution in [0.15, 0.2) is 24.3 Å². The summed E-state index contributed by atoms with van der Waals surface area (Å²) < 4.78 is 0. The van der Waals surface area contributed by atoms with E-state index < -0.39 is 0 Å². The first-order chi connectivity index (χ1) is 10.0. The largest absolute Gasteiger partial charge is 0.354 e. The van der Waals surface area contributed by atoms with Crippen molar-refractivity contribution in [1.82, 2.24) is 10.6 Å². The van der Waals surface area contributed by atoms with Gasteiger partial charge in [0.25, 0.3) is 5.91 Å². The Kier molecular flexibility index (Phi) is 7.46.